The van der Waals surface area contributed by atoms with Gasteiger partial charge in [-0.3, -0.25) is 0 Å². The van der Waals surface area contributed by atoms with E-state index in [0.717, 1.165) is 42.3 Å². The summed E-state index contributed by atoms with van der Waals surface area (Å²) in [7, 11) is 1.19. The van der Waals surface area contributed by atoms with Gasteiger partial charge in [0, 0.05) is 10.9 Å². The normalized spacial score (nSPS) is 11.2. The molecule has 0 N–H and O–H groups in total. The molecule has 0 saturated heterocycles. The third-order valence-corrected chi connectivity index (χ3v) is 6.33. The van der Waals surface area contributed by atoms with Crippen molar-refractivity contribution in [3.05, 3.63) is 101 Å². The van der Waals surface area contributed by atoms with E-state index >= 15 is 4.39 Å². The van der Waals surface area contributed by atoms with E-state index in [-0.39, 0.29) is 11.1 Å². The molecule has 0 aliphatic rings. The average molecular weight is 463 g/mol. The summed E-state index contributed by atoms with van der Waals surface area (Å²) >= 11 is 0. The molecule has 4 aromatic rings. The summed E-state index contributed by atoms with van der Waals surface area (Å²) in [5.41, 5.74) is 4.07. The number of halogens is 3. The quantitative estimate of drug-likeness (QED) is 0.227. The lowest BCUT2D eigenvalue weighted by atomic mass is 9.96. The Morgan fingerprint density at radius 1 is 0.676 bits per heavy atom. The molecule has 0 spiro atoms. The lowest BCUT2D eigenvalue weighted by molar-refractivity contribution is 0.360. The fraction of sp³-hybridized carbons (Fsp3) is 0.267. The monoisotopic (exact) mass is 462 g/mol. The van der Waals surface area contributed by atoms with Crippen LogP contribution < -0.4 is 4.74 Å². The van der Waals surface area contributed by atoms with E-state index in [1.54, 1.807) is 18.2 Å². The molecule has 0 amide bonds. The van der Waals surface area contributed by atoms with Gasteiger partial charge in [-0.15, -0.1) is 0 Å². The fourth-order valence-corrected chi connectivity index (χ4v) is 4.37. The van der Waals surface area contributed by atoms with Crippen molar-refractivity contribution in [2.45, 2.75) is 45.4 Å². The van der Waals surface area contributed by atoms with Crippen molar-refractivity contribution in [1.82, 2.24) is 0 Å². The molecular weight excluding hydrogens is 433 g/mol. The molecule has 4 heteroatoms. The van der Waals surface area contributed by atoms with E-state index in [0.29, 0.717) is 5.39 Å². The van der Waals surface area contributed by atoms with Gasteiger partial charge in [0.2, 0.25) is 0 Å². The zero-order valence-corrected chi connectivity index (χ0v) is 19.6. The first-order chi connectivity index (χ1) is 16.5. The minimum atomic E-state index is -0.860. The SMILES string of the molecule is CCCCCc1ccc(CCc2ccc3c(F)c(-c4cc(F)c(OC)c(F)c4)ccc3c2)cc1. The summed E-state index contributed by atoms with van der Waals surface area (Å²) in [6.07, 6.45) is 6.61. The highest BCUT2D eigenvalue weighted by Gasteiger charge is 2.16. The van der Waals surface area contributed by atoms with Gasteiger partial charge in [-0.25, -0.2) is 13.2 Å². The molecule has 0 aliphatic carbocycles. The Hall–Kier alpha value is -3.27. The summed E-state index contributed by atoms with van der Waals surface area (Å²) in [5.74, 6) is -2.69. The van der Waals surface area contributed by atoms with Gasteiger partial charge in [-0.2, -0.15) is 0 Å². The summed E-state index contributed by atoms with van der Waals surface area (Å²) < 4.78 is 48.2. The summed E-state index contributed by atoms with van der Waals surface area (Å²) in [5, 5.41) is 1.19. The Kier molecular flexibility index (Phi) is 7.56. The van der Waals surface area contributed by atoms with E-state index in [4.69, 9.17) is 4.74 Å². The predicted octanol–water partition coefficient (Wildman–Crippen LogP) is 8.45. The van der Waals surface area contributed by atoms with Crippen molar-refractivity contribution in [3.8, 4) is 16.9 Å². The number of fused-ring (bicyclic) bond motifs is 1. The van der Waals surface area contributed by atoms with E-state index in [1.807, 2.05) is 12.1 Å². The highest BCUT2D eigenvalue weighted by atomic mass is 19.1. The Balaban J connectivity index is 1.50. The molecule has 0 bridgehead atoms. The van der Waals surface area contributed by atoms with Crippen molar-refractivity contribution in [2.75, 3.05) is 7.11 Å². The zero-order chi connectivity index (χ0) is 24.1. The van der Waals surface area contributed by atoms with Crippen LogP contribution in [-0.4, -0.2) is 7.11 Å². The average Bonchev–Trinajstić information content (AvgIpc) is 2.83. The summed E-state index contributed by atoms with van der Waals surface area (Å²) in [6.45, 7) is 2.21. The van der Waals surface area contributed by atoms with Gasteiger partial charge in [0.15, 0.2) is 17.4 Å². The Morgan fingerprint density at radius 2 is 1.29 bits per heavy atom. The lowest BCUT2D eigenvalue weighted by Gasteiger charge is -2.11. The second kappa shape index (κ2) is 10.8. The van der Waals surface area contributed by atoms with Crippen LogP contribution in [0.1, 0.15) is 42.9 Å². The number of hydrogen-bond donors (Lipinski definition) is 0. The van der Waals surface area contributed by atoms with Crippen LogP contribution in [0, 0.1) is 17.5 Å². The van der Waals surface area contributed by atoms with Gasteiger partial charge in [0.05, 0.1) is 7.11 Å². The van der Waals surface area contributed by atoms with Crippen molar-refractivity contribution < 1.29 is 17.9 Å². The summed E-state index contributed by atoms with van der Waals surface area (Å²) in [4.78, 5) is 0. The number of ether oxygens (including phenoxy) is 1. The minimum absolute atomic E-state index is 0.136. The van der Waals surface area contributed by atoms with Gasteiger partial charge in [0.25, 0.3) is 0 Å². The molecule has 1 nitrogen and oxygen atoms in total. The molecule has 0 fully saturated rings. The molecule has 0 saturated carbocycles. The van der Waals surface area contributed by atoms with Crippen LogP contribution >= 0.6 is 0 Å². The van der Waals surface area contributed by atoms with Gasteiger partial charge in [-0.05, 0) is 65.5 Å². The minimum Gasteiger partial charge on any atom is -0.491 e. The molecule has 34 heavy (non-hydrogen) atoms. The van der Waals surface area contributed by atoms with Crippen molar-refractivity contribution in [1.29, 1.82) is 0 Å². The van der Waals surface area contributed by atoms with Crippen LogP contribution in [-0.2, 0) is 19.3 Å². The maximum Gasteiger partial charge on any atom is 0.190 e. The second-order valence-corrected chi connectivity index (χ2v) is 8.73. The van der Waals surface area contributed by atoms with E-state index in [1.165, 1.54) is 37.5 Å². The molecule has 0 radical (unpaired) electrons. The van der Waals surface area contributed by atoms with Crippen LogP contribution in [0.2, 0.25) is 0 Å². The maximum atomic E-state index is 15.3. The van der Waals surface area contributed by atoms with Gasteiger partial charge in [0.1, 0.15) is 5.82 Å². The van der Waals surface area contributed by atoms with Crippen LogP contribution in [0.4, 0.5) is 13.2 Å². The Morgan fingerprint density at radius 3 is 1.94 bits per heavy atom. The maximum absolute atomic E-state index is 15.3. The van der Waals surface area contributed by atoms with Crippen molar-refractivity contribution in [2.24, 2.45) is 0 Å². The first kappa shape index (κ1) is 23.9. The first-order valence-corrected chi connectivity index (χ1v) is 11.8. The molecule has 176 valence electrons. The summed E-state index contributed by atoms with van der Waals surface area (Å²) in [6, 6.07) is 20.0. The Bertz CT molecular complexity index is 1260. The molecule has 0 unspecified atom stereocenters. The predicted molar refractivity (Wildman–Crippen MR) is 133 cm³/mol. The highest BCUT2D eigenvalue weighted by molar-refractivity contribution is 5.89. The second-order valence-electron chi connectivity index (χ2n) is 8.73. The molecule has 0 aromatic heterocycles. The molecule has 0 aliphatic heterocycles. The van der Waals surface area contributed by atoms with Crippen LogP contribution in [0.3, 0.4) is 0 Å². The standard InChI is InChI=1S/C30H29F3O/c1-3-4-5-6-20-7-9-21(10-8-20)11-12-22-13-15-25-23(17-22)14-16-26(29(25)33)24-18-27(31)30(34-2)28(32)19-24/h7-10,13-19H,3-6,11-12H2,1-2H3. The van der Waals surface area contributed by atoms with Crippen molar-refractivity contribution in [3.63, 3.8) is 0 Å². The molecule has 4 aromatic carbocycles. The zero-order valence-electron chi connectivity index (χ0n) is 19.6. The van der Waals surface area contributed by atoms with E-state index in [9.17, 15) is 8.78 Å². The van der Waals surface area contributed by atoms with Gasteiger partial charge >= 0.3 is 0 Å². The molecular formula is C30H29F3O. The van der Waals surface area contributed by atoms with Crippen molar-refractivity contribution >= 4 is 10.8 Å². The van der Waals surface area contributed by atoms with Crippen LogP contribution in [0.25, 0.3) is 21.9 Å². The first-order valence-electron chi connectivity index (χ1n) is 11.8. The third kappa shape index (κ3) is 5.27. The topological polar surface area (TPSA) is 9.23 Å². The van der Waals surface area contributed by atoms with E-state index < -0.39 is 23.2 Å². The number of hydrogen-bond acceptors (Lipinski definition) is 1. The van der Waals surface area contributed by atoms with Gasteiger partial charge < -0.3 is 4.74 Å². The third-order valence-electron chi connectivity index (χ3n) is 6.33. The highest BCUT2D eigenvalue weighted by Crippen LogP contribution is 2.33. The number of unbranched alkanes of at least 4 members (excludes halogenated alkanes) is 2. The van der Waals surface area contributed by atoms with Gasteiger partial charge in [-0.1, -0.05) is 74.4 Å². The largest absolute Gasteiger partial charge is 0.491 e. The smallest absolute Gasteiger partial charge is 0.190 e. The van der Waals surface area contributed by atoms with Crippen LogP contribution in [0.15, 0.2) is 66.7 Å². The molecule has 0 heterocycles. The van der Waals surface area contributed by atoms with Crippen LogP contribution in [0.5, 0.6) is 5.75 Å². The molecule has 4 rings (SSSR count). The number of aryl methyl sites for hydroxylation is 3. The Labute approximate surface area is 199 Å². The molecule has 0 atom stereocenters. The number of rotatable bonds is 9. The number of methoxy groups -OCH3 is 1. The van der Waals surface area contributed by atoms with E-state index in [2.05, 4.69) is 31.2 Å². The fourth-order valence-electron chi connectivity index (χ4n) is 4.37. The lowest BCUT2D eigenvalue weighted by Crippen LogP contribution is -1.96. The number of benzene rings is 4.